The molecule has 0 radical (unpaired) electrons. The van der Waals surface area contributed by atoms with E-state index in [1.807, 2.05) is 19.2 Å². The lowest BCUT2D eigenvalue weighted by atomic mass is 10.1. The Labute approximate surface area is 85.2 Å². The number of nitrogens with one attached hydrogen (secondary N) is 1. The summed E-state index contributed by atoms with van der Waals surface area (Å²) in [6.07, 6.45) is 11.6. The zero-order valence-corrected chi connectivity index (χ0v) is 8.77. The molecule has 1 rings (SSSR count). The van der Waals surface area contributed by atoms with Crippen LogP contribution in [0.2, 0.25) is 0 Å². The highest BCUT2D eigenvalue weighted by Crippen LogP contribution is 2.17. The fourth-order valence-corrected chi connectivity index (χ4v) is 1.47. The van der Waals surface area contributed by atoms with Gasteiger partial charge in [-0.1, -0.05) is 29.3 Å². The molecule has 0 aliphatic heterocycles. The van der Waals surface area contributed by atoms with Crippen LogP contribution in [0.3, 0.4) is 0 Å². The molecule has 0 spiro atoms. The van der Waals surface area contributed by atoms with Crippen molar-refractivity contribution in [2.45, 2.75) is 19.3 Å². The van der Waals surface area contributed by atoms with Crippen molar-refractivity contribution in [1.82, 2.24) is 5.32 Å². The van der Waals surface area contributed by atoms with E-state index in [-0.39, 0.29) is 0 Å². The summed E-state index contributed by atoms with van der Waals surface area (Å²) in [7, 11) is 1.98. The Bertz CT molecular complexity index is 238. The van der Waals surface area contributed by atoms with E-state index < -0.39 is 0 Å². The molecule has 1 N–H and O–H groups in total. The van der Waals surface area contributed by atoms with Crippen molar-refractivity contribution < 1.29 is 0 Å². The maximum absolute atomic E-state index is 5.87. The van der Waals surface area contributed by atoms with Gasteiger partial charge in [-0.3, -0.25) is 0 Å². The maximum atomic E-state index is 5.87. The molecule has 1 aliphatic carbocycles. The highest BCUT2D eigenvalue weighted by molar-refractivity contribution is 6.31. The Morgan fingerprint density at radius 1 is 1.46 bits per heavy atom. The van der Waals surface area contributed by atoms with Crippen LogP contribution in [0.1, 0.15) is 19.3 Å². The molecule has 0 aromatic carbocycles. The third-order valence-electron chi connectivity index (χ3n) is 2.06. The predicted octanol–water partition coefficient (Wildman–Crippen LogP) is 3.00. The van der Waals surface area contributed by atoms with E-state index in [2.05, 4.69) is 17.5 Å². The lowest BCUT2D eigenvalue weighted by Crippen LogP contribution is -2.07. The highest BCUT2D eigenvalue weighted by atomic mass is 35.5. The fourth-order valence-electron chi connectivity index (χ4n) is 1.32. The molecule has 0 atom stereocenters. The largest absolute Gasteiger partial charge is 0.320 e. The quantitative estimate of drug-likeness (QED) is 0.684. The minimum Gasteiger partial charge on any atom is -0.320 e. The van der Waals surface area contributed by atoms with E-state index in [4.69, 9.17) is 11.6 Å². The fraction of sp³-hybridized carbons (Fsp3) is 0.455. The van der Waals surface area contributed by atoms with Crippen LogP contribution in [0, 0.1) is 0 Å². The minimum absolute atomic E-state index is 0.823. The van der Waals surface area contributed by atoms with Crippen LogP contribution < -0.4 is 5.32 Å². The second-order valence-electron chi connectivity index (χ2n) is 3.19. The van der Waals surface area contributed by atoms with Gasteiger partial charge in [0.1, 0.15) is 0 Å². The monoisotopic (exact) mass is 197 g/mol. The van der Waals surface area contributed by atoms with E-state index in [0.29, 0.717) is 0 Å². The number of halogens is 1. The molecule has 0 saturated carbocycles. The Morgan fingerprint density at radius 2 is 2.31 bits per heavy atom. The predicted molar refractivity (Wildman–Crippen MR) is 58.9 cm³/mol. The lowest BCUT2D eigenvalue weighted by Gasteiger charge is -2.02. The second kappa shape index (κ2) is 6.01. The molecule has 0 unspecified atom stereocenters. The molecular formula is C11H16ClN. The molecule has 0 heterocycles. The van der Waals surface area contributed by atoms with Crippen LogP contribution in [0.25, 0.3) is 0 Å². The molecule has 1 aliphatic rings. The van der Waals surface area contributed by atoms with Crippen molar-refractivity contribution >= 4 is 11.6 Å². The van der Waals surface area contributed by atoms with E-state index >= 15 is 0 Å². The molecular weight excluding hydrogens is 182 g/mol. The molecule has 1 nitrogen and oxygen atoms in total. The molecule has 0 amide bonds. The zero-order valence-electron chi connectivity index (χ0n) is 8.02. The summed E-state index contributed by atoms with van der Waals surface area (Å²) < 4.78 is 0. The van der Waals surface area contributed by atoms with Gasteiger partial charge < -0.3 is 5.32 Å². The first-order valence-electron chi connectivity index (χ1n) is 4.69. The number of hydrogen-bond donors (Lipinski definition) is 1. The number of allylic oxidation sites excluding steroid dienone is 6. The Balaban J connectivity index is 2.38. The molecule has 13 heavy (non-hydrogen) atoms. The van der Waals surface area contributed by atoms with Gasteiger partial charge in [0.15, 0.2) is 0 Å². The summed E-state index contributed by atoms with van der Waals surface area (Å²) in [6, 6.07) is 0. The van der Waals surface area contributed by atoms with E-state index in [1.54, 1.807) is 0 Å². The van der Waals surface area contributed by atoms with Crippen molar-refractivity contribution in [3.63, 3.8) is 0 Å². The number of rotatable bonds is 4. The van der Waals surface area contributed by atoms with E-state index in [9.17, 15) is 0 Å². The van der Waals surface area contributed by atoms with Gasteiger partial charge in [-0.15, -0.1) is 0 Å². The lowest BCUT2D eigenvalue weighted by molar-refractivity contribution is 0.715. The van der Waals surface area contributed by atoms with Gasteiger partial charge in [-0.25, -0.2) is 0 Å². The van der Waals surface area contributed by atoms with Gasteiger partial charge in [0.2, 0.25) is 0 Å². The second-order valence-corrected chi connectivity index (χ2v) is 3.63. The molecule has 0 aromatic heterocycles. The van der Waals surface area contributed by atoms with Crippen LogP contribution in [-0.4, -0.2) is 13.6 Å². The van der Waals surface area contributed by atoms with Crippen LogP contribution in [0.5, 0.6) is 0 Å². The van der Waals surface area contributed by atoms with Gasteiger partial charge in [0.25, 0.3) is 0 Å². The molecule has 72 valence electrons. The minimum atomic E-state index is 0.823. The number of hydrogen-bond acceptors (Lipinski definition) is 1. The molecule has 0 fully saturated rings. The normalized spacial score (nSPS) is 16.5. The standard InChI is InChI=1S/C11H16ClN/c1-13-9-3-5-10-4-2-6-11(12)8-7-10/h2,6-8,13H,3-5,9H2,1H3. The highest BCUT2D eigenvalue weighted by Gasteiger charge is 1.97. The summed E-state index contributed by atoms with van der Waals surface area (Å²) in [6.45, 7) is 1.08. The molecule has 0 aromatic rings. The van der Waals surface area contributed by atoms with Gasteiger partial charge >= 0.3 is 0 Å². The van der Waals surface area contributed by atoms with Crippen molar-refractivity contribution in [1.29, 1.82) is 0 Å². The Hall–Kier alpha value is -0.530. The van der Waals surface area contributed by atoms with Crippen LogP contribution in [0.4, 0.5) is 0 Å². The molecule has 0 bridgehead atoms. The van der Waals surface area contributed by atoms with Gasteiger partial charge in [0.05, 0.1) is 0 Å². The van der Waals surface area contributed by atoms with Crippen molar-refractivity contribution in [2.75, 3.05) is 13.6 Å². The van der Waals surface area contributed by atoms with E-state index in [1.165, 1.54) is 12.0 Å². The Morgan fingerprint density at radius 3 is 3.08 bits per heavy atom. The first kappa shape index (κ1) is 10.6. The average molecular weight is 198 g/mol. The summed E-state index contributed by atoms with van der Waals surface area (Å²) in [5.74, 6) is 0. The average Bonchev–Trinajstić information content (AvgIpc) is 2.32. The first-order valence-corrected chi connectivity index (χ1v) is 5.07. The molecule has 2 heteroatoms. The first-order chi connectivity index (χ1) is 6.33. The van der Waals surface area contributed by atoms with Crippen molar-refractivity contribution in [3.05, 3.63) is 34.9 Å². The van der Waals surface area contributed by atoms with E-state index in [0.717, 1.165) is 24.4 Å². The van der Waals surface area contributed by atoms with Crippen molar-refractivity contribution in [3.8, 4) is 0 Å². The smallest absolute Gasteiger partial charge is 0.0402 e. The summed E-state index contributed by atoms with van der Waals surface area (Å²) in [4.78, 5) is 0. The van der Waals surface area contributed by atoms with Crippen LogP contribution >= 0.6 is 11.6 Å². The maximum Gasteiger partial charge on any atom is 0.0402 e. The molecule has 0 saturated heterocycles. The third kappa shape index (κ3) is 4.30. The SMILES string of the molecule is CNCCCC1=CC=C(Cl)C=CC1. The van der Waals surface area contributed by atoms with Gasteiger partial charge in [-0.2, -0.15) is 0 Å². The third-order valence-corrected chi connectivity index (χ3v) is 2.31. The summed E-state index contributed by atoms with van der Waals surface area (Å²) in [5, 5.41) is 3.97. The topological polar surface area (TPSA) is 12.0 Å². The Kier molecular flexibility index (Phi) is 4.87. The summed E-state index contributed by atoms with van der Waals surface area (Å²) >= 11 is 5.87. The van der Waals surface area contributed by atoms with Gasteiger partial charge in [-0.05, 0) is 45.0 Å². The zero-order chi connectivity index (χ0) is 9.52. The summed E-state index contributed by atoms with van der Waals surface area (Å²) in [5.41, 5.74) is 1.46. The van der Waals surface area contributed by atoms with Gasteiger partial charge in [0, 0.05) is 5.03 Å². The van der Waals surface area contributed by atoms with Crippen molar-refractivity contribution in [2.24, 2.45) is 0 Å². The van der Waals surface area contributed by atoms with Crippen LogP contribution in [-0.2, 0) is 0 Å². The van der Waals surface area contributed by atoms with Crippen LogP contribution in [0.15, 0.2) is 34.9 Å².